The van der Waals surface area contributed by atoms with E-state index in [1.165, 1.54) is 17.2 Å². The number of hydrogen-bond donors (Lipinski definition) is 1. The number of aromatic hydroxyl groups is 1. The van der Waals surface area contributed by atoms with E-state index in [1.54, 1.807) is 22.8 Å². The molecule has 32 heavy (non-hydrogen) atoms. The van der Waals surface area contributed by atoms with Crippen LogP contribution in [0.5, 0.6) is 5.88 Å². The molecule has 2 aromatic heterocycles. The molecule has 2 aliphatic rings. The van der Waals surface area contributed by atoms with Crippen LogP contribution in [-0.4, -0.2) is 69.4 Å². The zero-order valence-corrected chi connectivity index (χ0v) is 22.9. The fourth-order valence-electron chi connectivity index (χ4n) is 3.26. The van der Waals surface area contributed by atoms with E-state index in [2.05, 4.69) is 48.8 Å². The summed E-state index contributed by atoms with van der Waals surface area (Å²) in [4.78, 5) is 12.0. The van der Waals surface area contributed by atoms with Gasteiger partial charge in [0.1, 0.15) is 18.5 Å². The van der Waals surface area contributed by atoms with Crippen LogP contribution < -0.4 is 0 Å². The lowest BCUT2D eigenvalue weighted by Crippen LogP contribution is -2.44. The molecule has 0 saturated carbocycles. The first-order valence-electron chi connectivity index (χ1n) is 10.3. The molecule has 2 fully saturated rings. The maximum absolute atomic E-state index is 15.9. The lowest BCUT2D eigenvalue weighted by Gasteiger charge is -2.37. The fraction of sp³-hybridized carbons (Fsp3) is 0.722. The van der Waals surface area contributed by atoms with Crippen molar-refractivity contribution in [3.8, 4) is 5.88 Å². The van der Waals surface area contributed by atoms with Gasteiger partial charge in [-0.05, 0) is 29.9 Å². The normalized spacial score (nSPS) is 28.6. The van der Waals surface area contributed by atoms with Gasteiger partial charge in [0.05, 0.1) is 12.9 Å². The topological polar surface area (TPSA) is 91.5 Å². The van der Waals surface area contributed by atoms with E-state index in [4.69, 9.17) is 25.5 Å². The molecule has 2 aliphatic heterocycles. The molecule has 2 saturated heterocycles. The lowest BCUT2D eigenvalue weighted by atomic mass is 10.1. The summed E-state index contributed by atoms with van der Waals surface area (Å²) in [7, 11) is -2.08. The van der Waals surface area contributed by atoms with E-state index in [0.29, 0.717) is 5.65 Å². The second-order valence-electron chi connectivity index (χ2n) is 9.29. The summed E-state index contributed by atoms with van der Waals surface area (Å²) in [6, 6.07) is 0. The number of ether oxygens (including phenoxy) is 1. The number of nitrogens with zero attached hydrogens (tertiary/aromatic N) is 4. The highest BCUT2D eigenvalue weighted by atomic mass is 33.2. The van der Waals surface area contributed by atoms with E-state index in [1.807, 2.05) is 0 Å². The van der Waals surface area contributed by atoms with Crippen molar-refractivity contribution >= 4 is 58.7 Å². The maximum Gasteiger partial charge on any atom is 0.242 e. The smallest absolute Gasteiger partial charge is 0.242 e. The molecular formula is C18H28FN4O4PS3Si. The fourth-order valence-corrected chi connectivity index (χ4v) is 13.6. The number of alkyl halides is 1. The van der Waals surface area contributed by atoms with Crippen molar-refractivity contribution in [2.24, 2.45) is 0 Å². The molecule has 4 rings (SSSR count). The molecule has 8 nitrogen and oxygen atoms in total. The quantitative estimate of drug-likeness (QED) is 0.405. The van der Waals surface area contributed by atoms with Crippen LogP contribution in [0.4, 0.5) is 4.39 Å². The summed E-state index contributed by atoms with van der Waals surface area (Å²) in [5.41, 5.74) is 0.484. The molecule has 4 atom stereocenters. The van der Waals surface area contributed by atoms with Gasteiger partial charge in [-0.3, -0.25) is 4.57 Å². The lowest BCUT2D eigenvalue weighted by molar-refractivity contribution is -0.0401. The first kappa shape index (κ1) is 24.8. The first-order chi connectivity index (χ1) is 14.9. The number of imidazole rings is 1. The average molecular weight is 539 g/mol. The van der Waals surface area contributed by atoms with Crippen molar-refractivity contribution in [1.29, 1.82) is 0 Å². The van der Waals surface area contributed by atoms with Crippen LogP contribution >= 0.6 is 27.4 Å². The van der Waals surface area contributed by atoms with Crippen LogP contribution in [0, 0.1) is 0 Å². The van der Waals surface area contributed by atoms with E-state index in [9.17, 15) is 5.11 Å². The van der Waals surface area contributed by atoms with Crippen molar-refractivity contribution in [2.75, 3.05) is 18.1 Å². The van der Waals surface area contributed by atoms with Gasteiger partial charge in [-0.2, -0.15) is 4.98 Å². The summed E-state index contributed by atoms with van der Waals surface area (Å²) in [5.74, 6) is 1.55. The van der Waals surface area contributed by atoms with Gasteiger partial charge in [0.25, 0.3) is 0 Å². The standard InChI is InChI=1S/C18H28FN4O4PS3Si/c1-18(2,3)32(4,5)25-8-11-14(27-28(29)30-6-7-31-28)12(19)17(26-11)23-10-22-13-15(23)20-9-21-16(13)24/h9-12,14,17H,6-8H2,1-5H3,(H,20,21,24)/t11-,12-,14-,17-/m1/s1. The van der Waals surface area contributed by atoms with Crippen LogP contribution in [-0.2, 0) is 25.5 Å². The Hall–Kier alpha value is -0.273. The monoisotopic (exact) mass is 538 g/mol. The van der Waals surface area contributed by atoms with Crippen molar-refractivity contribution in [2.45, 2.75) is 63.5 Å². The zero-order valence-electron chi connectivity index (χ0n) is 18.6. The number of halogens is 1. The molecule has 0 amide bonds. The predicted octanol–water partition coefficient (Wildman–Crippen LogP) is 4.88. The van der Waals surface area contributed by atoms with Gasteiger partial charge in [-0.15, -0.1) is 0 Å². The van der Waals surface area contributed by atoms with E-state index < -0.39 is 37.6 Å². The summed E-state index contributed by atoms with van der Waals surface area (Å²) >= 11 is 8.96. The van der Waals surface area contributed by atoms with Crippen LogP contribution in [0.15, 0.2) is 12.7 Å². The Morgan fingerprint density at radius 1 is 1.31 bits per heavy atom. The minimum absolute atomic E-state index is 0.00880. The zero-order chi connectivity index (χ0) is 23.3. The Labute approximate surface area is 201 Å². The second-order valence-corrected chi connectivity index (χ2v) is 24.8. The van der Waals surface area contributed by atoms with Crippen LogP contribution in [0.3, 0.4) is 0 Å². The molecule has 0 aliphatic carbocycles. The van der Waals surface area contributed by atoms with Crippen molar-refractivity contribution in [3.05, 3.63) is 12.7 Å². The van der Waals surface area contributed by atoms with Crippen molar-refractivity contribution in [3.63, 3.8) is 0 Å². The number of hydrogen-bond acceptors (Lipinski definition) is 10. The van der Waals surface area contributed by atoms with Gasteiger partial charge in [0.15, 0.2) is 36.5 Å². The molecule has 2 aromatic rings. The van der Waals surface area contributed by atoms with Gasteiger partial charge < -0.3 is 18.8 Å². The van der Waals surface area contributed by atoms with Crippen molar-refractivity contribution < 1.29 is 23.2 Å². The SMILES string of the molecule is CC(C)(C)[Si](C)(C)OC[C@H]1O[C@@H](n2cnc3c(O)ncnc32)[C@H](F)[C@@H]1OP1(=S)SCCS1. The molecule has 0 radical (unpaired) electrons. The Morgan fingerprint density at radius 2 is 2.00 bits per heavy atom. The Kier molecular flexibility index (Phi) is 7.04. The maximum atomic E-state index is 15.9. The third kappa shape index (κ3) is 4.77. The average Bonchev–Trinajstić information content (AvgIpc) is 3.39. The largest absolute Gasteiger partial charge is 0.492 e. The Balaban J connectivity index is 1.62. The highest BCUT2D eigenvalue weighted by Gasteiger charge is 2.51. The van der Waals surface area contributed by atoms with E-state index in [0.717, 1.165) is 11.5 Å². The molecule has 14 heteroatoms. The summed E-state index contributed by atoms with van der Waals surface area (Å²) in [6.45, 7) is 11.0. The molecule has 0 unspecified atom stereocenters. The van der Waals surface area contributed by atoms with Gasteiger partial charge in [0, 0.05) is 11.5 Å². The minimum Gasteiger partial charge on any atom is -0.492 e. The Bertz CT molecular complexity index is 1030. The third-order valence-corrected chi connectivity index (χ3v) is 20.4. The number of rotatable bonds is 6. The highest BCUT2D eigenvalue weighted by molar-refractivity contribution is 9.00. The molecule has 0 bridgehead atoms. The molecular weight excluding hydrogens is 510 g/mol. The van der Waals surface area contributed by atoms with E-state index >= 15 is 4.39 Å². The van der Waals surface area contributed by atoms with Gasteiger partial charge in [0.2, 0.25) is 5.88 Å². The van der Waals surface area contributed by atoms with E-state index in [-0.39, 0.29) is 23.0 Å². The molecule has 0 spiro atoms. The number of aromatic nitrogens is 4. The summed E-state index contributed by atoms with van der Waals surface area (Å²) in [5, 5.41) is 9.96. The van der Waals surface area contributed by atoms with Crippen LogP contribution in [0.2, 0.25) is 18.1 Å². The molecule has 4 heterocycles. The third-order valence-electron chi connectivity index (χ3n) is 6.13. The highest BCUT2D eigenvalue weighted by Crippen LogP contribution is 2.75. The molecule has 178 valence electrons. The van der Waals surface area contributed by atoms with Crippen molar-refractivity contribution in [1.82, 2.24) is 19.5 Å². The van der Waals surface area contributed by atoms with Crippen LogP contribution in [0.25, 0.3) is 11.2 Å². The van der Waals surface area contributed by atoms with Crippen LogP contribution in [0.1, 0.15) is 27.0 Å². The molecule has 0 aromatic carbocycles. The molecule has 1 N–H and O–H groups in total. The Morgan fingerprint density at radius 3 is 2.66 bits per heavy atom. The first-order valence-corrected chi connectivity index (χ1v) is 19.1. The van der Waals surface area contributed by atoms with Gasteiger partial charge in [-0.1, -0.05) is 43.5 Å². The number of fused-ring (bicyclic) bond motifs is 1. The summed E-state index contributed by atoms with van der Waals surface area (Å²) < 4.78 is 33.9. The predicted molar refractivity (Wildman–Crippen MR) is 133 cm³/mol. The minimum atomic E-state index is -2.24. The second kappa shape index (κ2) is 9.07. The summed E-state index contributed by atoms with van der Waals surface area (Å²) in [6.07, 6.45) is -1.40. The van der Waals surface area contributed by atoms with Gasteiger partial charge in [-0.25, -0.2) is 14.4 Å². The van der Waals surface area contributed by atoms with Gasteiger partial charge >= 0.3 is 0 Å².